The molecule has 0 spiro atoms. The summed E-state index contributed by atoms with van der Waals surface area (Å²) in [6, 6.07) is 0. The van der Waals surface area contributed by atoms with Crippen molar-refractivity contribution in [1.29, 1.82) is 0 Å². The van der Waals surface area contributed by atoms with E-state index < -0.39 is 44.0 Å². The smallest absolute Gasteiger partial charge is 0.485 e. The molecular weight excluding hydrogens is 571 g/mol. The van der Waals surface area contributed by atoms with Crippen LogP contribution in [0.3, 0.4) is 0 Å². The van der Waals surface area contributed by atoms with Crippen molar-refractivity contribution in [2.75, 3.05) is 52.6 Å². The average Bonchev–Trinajstić information content (AvgIpc) is 2.99. The maximum atomic E-state index is 11.6. The number of rotatable bonds is 24. The lowest BCUT2D eigenvalue weighted by Crippen LogP contribution is -2.31. The van der Waals surface area contributed by atoms with E-state index in [2.05, 4.69) is 43.9 Å². The highest BCUT2D eigenvalue weighted by Crippen LogP contribution is 1.99. The Morgan fingerprint density at radius 1 is 0.465 bits per heavy atom. The second-order valence-electron chi connectivity index (χ2n) is 8.53. The van der Waals surface area contributed by atoms with E-state index in [0.717, 1.165) is 50.7 Å². The fraction of sp³-hybridized carbons (Fsp3) is 0.615. The fourth-order valence-corrected chi connectivity index (χ4v) is 2.98. The minimum atomic E-state index is -0.704. The molecule has 0 aliphatic heterocycles. The van der Waals surface area contributed by atoms with Gasteiger partial charge in [0.1, 0.15) is 26.4 Å². The molecule has 4 amide bonds. The zero-order chi connectivity index (χ0) is 32.0. The van der Waals surface area contributed by atoms with Crippen molar-refractivity contribution < 1.29 is 57.0 Å². The van der Waals surface area contributed by atoms with Crippen molar-refractivity contribution in [1.82, 2.24) is 21.3 Å². The third-order valence-electron chi connectivity index (χ3n) is 5.12. The first-order valence-electron chi connectivity index (χ1n) is 14.0. The van der Waals surface area contributed by atoms with Gasteiger partial charge in [-0.1, -0.05) is 38.8 Å². The Hall–Kier alpha value is -4.44. The predicted molar refractivity (Wildman–Crippen MR) is 154 cm³/mol. The SMILES string of the molecule is C=CC(=O)OCCOC(=O)NCCCCCCNC(=O)OBOC(=O)NCCCCCCNC(=O)OCCOC(=O)C=C. The van der Waals surface area contributed by atoms with Crippen LogP contribution in [0.15, 0.2) is 25.3 Å². The van der Waals surface area contributed by atoms with Crippen LogP contribution < -0.4 is 21.3 Å². The first kappa shape index (κ1) is 38.6. The molecule has 0 heterocycles. The van der Waals surface area contributed by atoms with Gasteiger partial charge in [0.25, 0.3) is 0 Å². The lowest BCUT2D eigenvalue weighted by Gasteiger charge is -2.09. The topological polar surface area (TPSA) is 206 Å². The van der Waals surface area contributed by atoms with Crippen LogP contribution in [0.5, 0.6) is 0 Å². The van der Waals surface area contributed by atoms with E-state index in [1.54, 1.807) is 0 Å². The quantitative estimate of drug-likeness (QED) is 0.0403. The van der Waals surface area contributed by atoms with E-state index in [1.807, 2.05) is 0 Å². The summed E-state index contributed by atoms with van der Waals surface area (Å²) in [5.74, 6) is -1.17. The van der Waals surface area contributed by atoms with E-state index in [9.17, 15) is 28.8 Å². The number of carbonyl (C=O) groups excluding carboxylic acids is 6. The van der Waals surface area contributed by atoms with Gasteiger partial charge in [0.2, 0.25) is 0 Å². The van der Waals surface area contributed by atoms with E-state index in [4.69, 9.17) is 18.8 Å². The Morgan fingerprint density at radius 3 is 1.09 bits per heavy atom. The molecule has 0 aromatic carbocycles. The van der Waals surface area contributed by atoms with Gasteiger partial charge in [0.05, 0.1) is 0 Å². The van der Waals surface area contributed by atoms with Gasteiger partial charge in [-0.25, -0.2) is 28.8 Å². The predicted octanol–water partition coefficient (Wildman–Crippen LogP) is 1.74. The zero-order valence-corrected chi connectivity index (χ0v) is 24.5. The van der Waals surface area contributed by atoms with Gasteiger partial charge in [-0.15, -0.1) is 0 Å². The summed E-state index contributed by atoms with van der Waals surface area (Å²) < 4.78 is 28.6. The van der Waals surface area contributed by atoms with Gasteiger partial charge in [-0.3, -0.25) is 0 Å². The third kappa shape index (κ3) is 27.5. The molecule has 0 bridgehead atoms. The van der Waals surface area contributed by atoms with Gasteiger partial charge in [-0.2, -0.15) is 0 Å². The van der Waals surface area contributed by atoms with Gasteiger partial charge < -0.3 is 49.5 Å². The highest BCUT2D eigenvalue weighted by atomic mass is 16.6. The van der Waals surface area contributed by atoms with Crippen LogP contribution in [0.25, 0.3) is 0 Å². The Bertz CT molecular complexity index is 807. The Morgan fingerprint density at radius 2 is 0.767 bits per heavy atom. The van der Waals surface area contributed by atoms with Crippen molar-refractivity contribution in [2.45, 2.75) is 51.4 Å². The normalized spacial score (nSPS) is 9.77. The van der Waals surface area contributed by atoms with Crippen LogP contribution in [0.2, 0.25) is 0 Å². The van der Waals surface area contributed by atoms with Crippen LogP contribution in [-0.2, 0) is 37.8 Å². The van der Waals surface area contributed by atoms with Gasteiger partial charge in [0.15, 0.2) is 0 Å². The molecule has 43 heavy (non-hydrogen) atoms. The maximum Gasteiger partial charge on any atom is 0.582 e. The van der Waals surface area contributed by atoms with Crippen molar-refractivity contribution >= 4 is 44.0 Å². The summed E-state index contributed by atoms with van der Waals surface area (Å²) in [7, 11) is -0.519. The van der Waals surface area contributed by atoms with Crippen molar-refractivity contribution in [2.24, 2.45) is 0 Å². The fourth-order valence-electron chi connectivity index (χ4n) is 2.98. The minimum absolute atomic E-state index is 0.0426. The summed E-state index contributed by atoms with van der Waals surface area (Å²) in [6.45, 7) is 7.94. The number of unbranched alkanes of at least 4 members (excludes halogenated alkanes) is 6. The number of hydrogen-bond donors (Lipinski definition) is 4. The van der Waals surface area contributed by atoms with Crippen molar-refractivity contribution in [3.8, 4) is 0 Å². The summed E-state index contributed by atoms with van der Waals surface area (Å²) in [5.41, 5.74) is 0. The molecule has 0 aromatic rings. The Kier molecular flexibility index (Phi) is 24.9. The number of alkyl carbamates (subject to hydrolysis) is 2. The molecule has 0 saturated carbocycles. The number of ether oxygens (including phenoxy) is 4. The molecule has 16 nitrogen and oxygen atoms in total. The van der Waals surface area contributed by atoms with Crippen molar-refractivity contribution in [3.63, 3.8) is 0 Å². The van der Waals surface area contributed by atoms with Crippen LogP contribution >= 0.6 is 0 Å². The maximum absolute atomic E-state index is 11.6. The molecule has 0 unspecified atom stereocenters. The number of nitrogens with one attached hydrogen (secondary N) is 4. The Balaban J connectivity index is 3.46. The average molecular weight is 614 g/mol. The van der Waals surface area contributed by atoms with Crippen molar-refractivity contribution in [3.05, 3.63) is 25.3 Å². The minimum Gasteiger partial charge on any atom is -0.485 e. The van der Waals surface area contributed by atoms with E-state index in [-0.39, 0.29) is 26.4 Å². The molecular formula is C26H43BN4O12. The molecule has 0 aromatic heterocycles. The number of esters is 2. The third-order valence-corrected chi connectivity index (χ3v) is 5.12. The molecule has 0 atom stereocenters. The largest absolute Gasteiger partial charge is 0.582 e. The molecule has 0 rings (SSSR count). The molecule has 0 saturated heterocycles. The monoisotopic (exact) mass is 614 g/mol. The van der Waals surface area contributed by atoms with Crippen LogP contribution in [-0.4, -0.2) is 96.6 Å². The molecule has 0 fully saturated rings. The van der Waals surface area contributed by atoms with Gasteiger partial charge >= 0.3 is 44.0 Å². The Labute approximate surface area is 251 Å². The first-order valence-corrected chi connectivity index (χ1v) is 14.0. The van der Waals surface area contributed by atoms with Gasteiger partial charge in [0, 0.05) is 38.3 Å². The molecule has 0 radical (unpaired) electrons. The van der Waals surface area contributed by atoms with Crippen LogP contribution in [0, 0.1) is 0 Å². The summed E-state index contributed by atoms with van der Waals surface area (Å²) >= 11 is 0. The lowest BCUT2D eigenvalue weighted by atomic mass is 10.2. The van der Waals surface area contributed by atoms with E-state index >= 15 is 0 Å². The number of amides is 4. The summed E-state index contributed by atoms with van der Waals surface area (Å²) in [6.07, 6.45) is 5.55. The van der Waals surface area contributed by atoms with E-state index in [0.29, 0.717) is 39.0 Å². The lowest BCUT2D eigenvalue weighted by molar-refractivity contribution is -0.139. The first-order chi connectivity index (χ1) is 20.8. The highest BCUT2D eigenvalue weighted by molar-refractivity contribution is 6.25. The molecule has 4 N–H and O–H groups in total. The molecule has 17 heteroatoms. The molecule has 0 aliphatic carbocycles. The second-order valence-corrected chi connectivity index (χ2v) is 8.53. The number of hydrogen-bond acceptors (Lipinski definition) is 12. The summed E-state index contributed by atoms with van der Waals surface area (Å²) in [4.78, 5) is 67.8. The molecule has 0 aliphatic rings. The zero-order valence-electron chi connectivity index (χ0n) is 24.5. The van der Waals surface area contributed by atoms with Crippen LogP contribution in [0.4, 0.5) is 19.2 Å². The standard InChI is InChI=1S/C26H43BN4O12/c1-3-21(32)38-17-19-40-23(34)28-13-9-5-7-11-15-30-25(36)42-27-43-26(37)31-16-12-8-6-10-14-29-24(35)41-20-18-39-22(33)4-2/h3-4,27H,1-2,5-20H2,(H,28,34)(H,29,35)(H,30,36)(H,31,37). The second kappa shape index (κ2) is 27.7. The van der Waals surface area contributed by atoms with Crippen LogP contribution in [0.1, 0.15) is 51.4 Å². The van der Waals surface area contributed by atoms with E-state index in [1.165, 1.54) is 0 Å². The molecule has 242 valence electrons. The number of carbonyl (C=O) groups is 6. The van der Waals surface area contributed by atoms with Gasteiger partial charge in [-0.05, 0) is 25.7 Å². The highest BCUT2D eigenvalue weighted by Gasteiger charge is 2.08. The summed E-state index contributed by atoms with van der Waals surface area (Å²) in [5, 5.41) is 10.3.